The van der Waals surface area contributed by atoms with E-state index < -0.39 is 0 Å². The van der Waals surface area contributed by atoms with E-state index in [1.165, 1.54) is 5.56 Å². The molecule has 0 atom stereocenters. The van der Waals surface area contributed by atoms with E-state index >= 15 is 0 Å². The lowest BCUT2D eigenvalue weighted by Crippen LogP contribution is -2.00. The molecule has 5 nitrogen and oxygen atoms in total. The highest BCUT2D eigenvalue weighted by Gasteiger charge is 2.19. The highest BCUT2D eigenvalue weighted by molar-refractivity contribution is 6.10. The normalized spacial score (nSPS) is 11.3. The number of hydrogen-bond donors (Lipinski definition) is 0. The van der Waals surface area contributed by atoms with Crippen LogP contribution in [0.15, 0.2) is 174 Å². The molecule has 0 fully saturated rings. The molecule has 49 heavy (non-hydrogen) atoms. The molecule has 7 aromatic carbocycles. The van der Waals surface area contributed by atoms with Crippen LogP contribution in [0, 0.1) is 0 Å². The second-order valence-corrected chi connectivity index (χ2v) is 11.9. The molecular formula is C44H28N4O. The van der Waals surface area contributed by atoms with Crippen molar-refractivity contribution in [3.05, 3.63) is 170 Å². The smallest absolute Gasteiger partial charge is 0.227 e. The third-order valence-electron chi connectivity index (χ3n) is 8.80. The number of aromatic nitrogens is 4. The summed E-state index contributed by atoms with van der Waals surface area (Å²) in [5.74, 6) is 2.34. The molecule has 230 valence electrons. The highest BCUT2D eigenvalue weighted by atomic mass is 16.3. The Morgan fingerprint density at radius 1 is 0.327 bits per heavy atom. The molecule has 0 saturated carbocycles. The fraction of sp³-hybridized carbons (Fsp3) is 0. The van der Waals surface area contributed by atoms with E-state index in [9.17, 15) is 0 Å². The maximum atomic E-state index is 6.58. The topological polar surface area (TPSA) is 64.7 Å². The Balaban J connectivity index is 1.18. The van der Waals surface area contributed by atoms with E-state index in [2.05, 4.69) is 84.9 Å². The summed E-state index contributed by atoms with van der Waals surface area (Å²) in [6.45, 7) is 0. The zero-order chi connectivity index (χ0) is 32.6. The maximum Gasteiger partial charge on any atom is 0.227 e. The summed E-state index contributed by atoms with van der Waals surface area (Å²) in [6, 6.07) is 57.7. The Kier molecular flexibility index (Phi) is 7.06. The molecule has 0 radical (unpaired) electrons. The second-order valence-electron chi connectivity index (χ2n) is 11.9. The second kappa shape index (κ2) is 12.1. The van der Waals surface area contributed by atoms with Gasteiger partial charge in [-0.15, -0.1) is 0 Å². The average molecular weight is 629 g/mol. The number of fused-ring (bicyclic) bond motifs is 3. The van der Waals surface area contributed by atoms with Gasteiger partial charge < -0.3 is 4.42 Å². The summed E-state index contributed by atoms with van der Waals surface area (Å²) in [6.07, 6.45) is 0. The van der Waals surface area contributed by atoms with E-state index in [0.29, 0.717) is 28.9 Å². The molecule has 0 aliphatic carbocycles. The zero-order valence-corrected chi connectivity index (χ0v) is 26.4. The summed E-state index contributed by atoms with van der Waals surface area (Å²) >= 11 is 0. The molecule has 2 heterocycles. The molecule has 0 amide bonds. The van der Waals surface area contributed by atoms with E-state index in [1.54, 1.807) is 0 Å². The molecule has 0 aliphatic rings. The molecule has 0 aliphatic heterocycles. The minimum Gasteiger partial charge on any atom is -0.435 e. The molecule has 0 unspecified atom stereocenters. The molecule has 2 aromatic heterocycles. The van der Waals surface area contributed by atoms with E-state index in [1.807, 2.05) is 84.9 Å². The standard InChI is InChI=1S/C44H28N4O/c1-4-11-29(12-5-1)31-19-23-35(24-20-31)42-46-41(34-15-8-3-9-16-34)47-43(48-42)37-18-10-17-33-27-28-38-40(39(33)37)49-44(45-38)36-25-21-32(22-26-36)30-13-6-2-7-14-30/h1-28H. The number of nitrogens with zero attached hydrogens (tertiary/aromatic N) is 4. The van der Waals surface area contributed by atoms with Crippen LogP contribution in [-0.4, -0.2) is 19.9 Å². The van der Waals surface area contributed by atoms with Crippen molar-refractivity contribution < 1.29 is 4.42 Å². The molecule has 9 rings (SSSR count). The van der Waals surface area contributed by atoms with Gasteiger partial charge in [-0.05, 0) is 45.8 Å². The summed E-state index contributed by atoms with van der Waals surface area (Å²) in [7, 11) is 0. The minimum atomic E-state index is 0.566. The van der Waals surface area contributed by atoms with Gasteiger partial charge in [0, 0.05) is 27.6 Å². The van der Waals surface area contributed by atoms with E-state index in [4.69, 9.17) is 24.4 Å². The molecule has 0 saturated heterocycles. The fourth-order valence-electron chi connectivity index (χ4n) is 6.29. The fourth-order valence-corrected chi connectivity index (χ4v) is 6.29. The maximum absolute atomic E-state index is 6.58. The van der Waals surface area contributed by atoms with E-state index in [-0.39, 0.29) is 0 Å². The third kappa shape index (κ3) is 5.43. The van der Waals surface area contributed by atoms with Crippen molar-refractivity contribution in [2.75, 3.05) is 0 Å². The van der Waals surface area contributed by atoms with Crippen molar-refractivity contribution in [1.82, 2.24) is 19.9 Å². The van der Waals surface area contributed by atoms with Gasteiger partial charge in [-0.1, -0.05) is 152 Å². The first-order valence-corrected chi connectivity index (χ1v) is 16.2. The van der Waals surface area contributed by atoms with Gasteiger partial charge in [0.1, 0.15) is 5.52 Å². The van der Waals surface area contributed by atoms with Crippen molar-refractivity contribution in [2.24, 2.45) is 0 Å². The van der Waals surface area contributed by atoms with Crippen molar-refractivity contribution in [3.63, 3.8) is 0 Å². The molecular weight excluding hydrogens is 601 g/mol. The van der Waals surface area contributed by atoms with Gasteiger partial charge in [0.05, 0.1) is 0 Å². The Bertz CT molecular complexity index is 2560. The Labute approximate surface area is 283 Å². The first kappa shape index (κ1) is 28.5. The molecule has 9 aromatic rings. The van der Waals surface area contributed by atoms with Crippen LogP contribution in [0.5, 0.6) is 0 Å². The minimum absolute atomic E-state index is 0.566. The average Bonchev–Trinajstić information content (AvgIpc) is 3.64. The quantitative estimate of drug-likeness (QED) is 0.183. The predicted octanol–water partition coefficient (Wildman–Crippen LogP) is 11.2. The van der Waals surface area contributed by atoms with Gasteiger partial charge in [-0.25, -0.2) is 19.9 Å². The van der Waals surface area contributed by atoms with Crippen molar-refractivity contribution in [2.45, 2.75) is 0 Å². The van der Waals surface area contributed by atoms with Crippen LogP contribution in [0.3, 0.4) is 0 Å². The molecule has 0 N–H and O–H groups in total. The largest absolute Gasteiger partial charge is 0.435 e. The number of hydrogen-bond acceptors (Lipinski definition) is 5. The van der Waals surface area contributed by atoms with Crippen LogP contribution < -0.4 is 0 Å². The zero-order valence-electron chi connectivity index (χ0n) is 26.4. The van der Waals surface area contributed by atoms with Gasteiger partial charge in [-0.2, -0.15) is 0 Å². The number of oxazole rings is 1. The third-order valence-corrected chi connectivity index (χ3v) is 8.80. The van der Waals surface area contributed by atoms with Crippen LogP contribution in [0.2, 0.25) is 0 Å². The van der Waals surface area contributed by atoms with E-state index in [0.717, 1.165) is 55.2 Å². The van der Waals surface area contributed by atoms with Crippen molar-refractivity contribution in [3.8, 4) is 67.9 Å². The monoisotopic (exact) mass is 628 g/mol. The lowest BCUT2D eigenvalue weighted by Gasteiger charge is -2.11. The Morgan fingerprint density at radius 2 is 0.796 bits per heavy atom. The van der Waals surface area contributed by atoms with Crippen LogP contribution in [0.1, 0.15) is 0 Å². The first-order chi connectivity index (χ1) is 24.3. The molecule has 5 heteroatoms. The summed E-state index contributed by atoms with van der Waals surface area (Å²) in [5, 5.41) is 1.93. The highest BCUT2D eigenvalue weighted by Crippen LogP contribution is 2.37. The van der Waals surface area contributed by atoms with Crippen LogP contribution >= 0.6 is 0 Å². The van der Waals surface area contributed by atoms with Gasteiger partial charge in [0.15, 0.2) is 23.1 Å². The van der Waals surface area contributed by atoms with Crippen LogP contribution in [0.25, 0.3) is 89.7 Å². The van der Waals surface area contributed by atoms with Gasteiger partial charge in [-0.3, -0.25) is 0 Å². The van der Waals surface area contributed by atoms with Gasteiger partial charge in [0.25, 0.3) is 0 Å². The van der Waals surface area contributed by atoms with Crippen LogP contribution in [0.4, 0.5) is 0 Å². The predicted molar refractivity (Wildman–Crippen MR) is 198 cm³/mol. The van der Waals surface area contributed by atoms with Crippen LogP contribution in [-0.2, 0) is 0 Å². The Hall–Kier alpha value is -6.72. The van der Waals surface area contributed by atoms with Gasteiger partial charge >= 0.3 is 0 Å². The SMILES string of the molecule is c1ccc(-c2ccc(-c3nc(-c4ccccc4)nc(-c4cccc5ccc6nc(-c7ccc(-c8ccccc8)cc7)oc6c45)n3)cc2)cc1. The van der Waals surface area contributed by atoms with Crippen molar-refractivity contribution in [1.29, 1.82) is 0 Å². The van der Waals surface area contributed by atoms with Gasteiger partial charge in [0.2, 0.25) is 5.89 Å². The first-order valence-electron chi connectivity index (χ1n) is 16.2. The number of rotatable bonds is 6. The van der Waals surface area contributed by atoms with Crippen molar-refractivity contribution >= 4 is 21.9 Å². The Morgan fingerprint density at radius 3 is 1.39 bits per heavy atom. The molecule has 0 spiro atoms. The summed E-state index contributed by atoms with van der Waals surface area (Å²) in [5.41, 5.74) is 9.67. The number of benzene rings is 7. The summed E-state index contributed by atoms with van der Waals surface area (Å²) < 4.78 is 6.58. The summed E-state index contributed by atoms with van der Waals surface area (Å²) in [4.78, 5) is 20.0. The molecule has 0 bridgehead atoms. The lowest BCUT2D eigenvalue weighted by molar-refractivity contribution is 0.623. The lowest BCUT2D eigenvalue weighted by atomic mass is 10.0.